The highest BCUT2D eigenvalue weighted by Gasteiger charge is 2.26. The number of nitrogens with one attached hydrogen (secondary N) is 2. The molecule has 9 heteroatoms. The number of esters is 1. The molecule has 0 aromatic carbocycles. The lowest BCUT2D eigenvalue weighted by Crippen LogP contribution is -2.40. The first kappa shape index (κ1) is 21.2. The summed E-state index contributed by atoms with van der Waals surface area (Å²) in [6.07, 6.45) is 3.23. The zero-order chi connectivity index (χ0) is 20.8. The molecule has 0 bridgehead atoms. The maximum absolute atomic E-state index is 12.5. The van der Waals surface area contributed by atoms with Gasteiger partial charge in [0.25, 0.3) is 11.8 Å². The lowest BCUT2D eigenvalue weighted by molar-refractivity contribution is -0.684. The Balaban J connectivity index is 2.30. The van der Waals surface area contributed by atoms with Crippen LogP contribution in [0.25, 0.3) is 0 Å². The van der Waals surface area contributed by atoms with Gasteiger partial charge in [-0.15, -0.1) is 11.3 Å². The van der Waals surface area contributed by atoms with Crippen LogP contribution in [-0.2, 0) is 16.1 Å². The summed E-state index contributed by atoms with van der Waals surface area (Å²) in [4.78, 5) is 48.7. The summed E-state index contributed by atoms with van der Waals surface area (Å²) in [6.45, 7) is 4.87. The number of Topliss-reactive ketones (excluding diaryl/α,β-unsaturated/α-hetero) is 1. The molecule has 2 aromatic heterocycles. The number of carbonyl (C=O) groups is 4. The number of amides is 2. The Bertz CT molecular complexity index is 936. The molecule has 2 aromatic rings. The van der Waals surface area contributed by atoms with Gasteiger partial charge in [0.05, 0.1) is 22.6 Å². The topological polar surface area (TPSA) is 105 Å². The van der Waals surface area contributed by atoms with Gasteiger partial charge in [0.2, 0.25) is 6.54 Å². The van der Waals surface area contributed by atoms with E-state index in [0.717, 1.165) is 11.3 Å². The van der Waals surface area contributed by atoms with Crippen molar-refractivity contribution >= 4 is 39.9 Å². The summed E-state index contributed by atoms with van der Waals surface area (Å²) in [5, 5.41) is 5.45. The van der Waals surface area contributed by atoms with Gasteiger partial charge >= 0.3 is 5.97 Å². The molecule has 0 fully saturated rings. The van der Waals surface area contributed by atoms with Gasteiger partial charge in [-0.3, -0.25) is 14.4 Å². The van der Waals surface area contributed by atoms with Crippen molar-refractivity contribution in [2.45, 2.75) is 27.3 Å². The Morgan fingerprint density at radius 2 is 1.96 bits per heavy atom. The number of aromatic nitrogens is 1. The maximum atomic E-state index is 12.5. The Kier molecular flexibility index (Phi) is 7.00. The molecule has 0 spiro atoms. The Morgan fingerprint density at radius 1 is 1.25 bits per heavy atom. The second-order valence-electron chi connectivity index (χ2n) is 5.93. The lowest BCUT2D eigenvalue weighted by atomic mass is 10.1. The van der Waals surface area contributed by atoms with E-state index in [2.05, 4.69) is 10.6 Å². The molecule has 0 saturated carbocycles. The highest BCUT2D eigenvalue weighted by atomic mass is 32.1. The average Bonchev–Trinajstić information content (AvgIpc) is 2.97. The van der Waals surface area contributed by atoms with Gasteiger partial charge < -0.3 is 15.4 Å². The fourth-order valence-electron chi connectivity index (χ4n) is 2.54. The van der Waals surface area contributed by atoms with Crippen molar-refractivity contribution in [1.82, 2.24) is 5.32 Å². The van der Waals surface area contributed by atoms with Crippen molar-refractivity contribution in [1.29, 1.82) is 0 Å². The standard InChI is InChI=1S/C19H21N3O5S/c1-5-27-19(26)15-11(2)16(17(25)20-4)28-18(15)21-14(24)10-22-8-6-7-13(9-22)12(3)23/h6-9H,5,10H2,1-4H3,(H-,20,21,24,25,26)/p+1. The molecule has 148 valence electrons. The highest BCUT2D eigenvalue weighted by Crippen LogP contribution is 2.33. The molecule has 28 heavy (non-hydrogen) atoms. The number of hydrogen-bond acceptors (Lipinski definition) is 6. The number of nitrogens with zero attached hydrogens (tertiary/aromatic N) is 1. The third-order valence-corrected chi connectivity index (χ3v) is 5.11. The largest absolute Gasteiger partial charge is 0.462 e. The van der Waals surface area contributed by atoms with Crippen LogP contribution in [0.4, 0.5) is 5.00 Å². The molecule has 8 nitrogen and oxygen atoms in total. The Morgan fingerprint density at radius 3 is 2.57 bits per heavy atom. The number of thiophene rings is 1. The number of ketones is 1. The van der Waals surface area contributed by atoms with E-state index in [0.29, 0.717) is 16.0 Å². The first-order valence-electron chi connectivity index (χ1n) is 8.60. The van der Waals surface area contributed by atoms with E-state index in [9.17, 15) is 19.2 Å². The number of carbonyl (C=O) groups excluding carboxylic acids is 4. The number of anilines is 1. The van der Waals surface area contributed by atoms with E-state index in [1.165, 1.54) is 14.0 Å². The highest BCUT2D eigenvalue weighted by molar-refractivity contribution is 7.18. The van der Waals surface area contributed by atoms with Gasteiger partial charge in [-0.25, -0.2) is 4.79 Å². The van der Waals surface area contributed by atoms with Crippen LogP contribution in [0.5, 0.6) is 0 Å². The predicted octanol–water partition coefficient (Wildman–Crippen LogP) is 1.72. The Hall–Kier alpha value is -3.07. The van der Waals surface area contributed by atoms with E-state index in [-0.39, 0.29) is 35.4 Å². The van der Waals surface area contributed by atoms with Crippen molar-refractivity contribution in [2.24, 2.45) is 0 Å². The molecule has 0 aliphatic rings. The van der Waals surface area contributed by atoms with Gasteiger partial charge in [-0.05, 0) is 32.4 Å². The third-order valence-electron chi connectivity index (χ3n) is 3.90. The van der Waals surface area contributed by atoms with E-state index < -0.39 is 11.9 Å². The van der Waals surface area contributed by atoms with Crippen LogP contribution in [0.3, 0.4) is 0 Å². The monoisotopic (exact) mass is 404 g/mol. The number of ether oxygens (including phenoxy) is 1. The minimum atomic E-state index is -0.604. The molecule has 0 saturated heterocycles. The summed E-state index contributed by atoms with van der Waals surface area (Å²) >= 11 is 1.01. The SMILES string of the molecule is CCOC(=O)c1c(NC(=O)C[n+]2cccc(C(C)=O)c2)sc(C(=O)NC)c1C. The number of rotatable bonds is 7. The van der Waals surface area contributed by atoms with Crippen LogP contribution in [0, 0.1) is 6.92 Å². The van der Waals surface area contributed by atoms with Gasteiger partial charge in [-0.1, -0.05) is 0 Å². The summed E-state index contributed by atoms with van der Waals surface area (Å²) in [6, 6.07) is 3.33. The summed E-state index contributed by atoms with van der Waals surface area (Å²) in [5.41, 5.74) is 1.10. The van der Waals surface area contributed by atoms with E-state index in [1.54, 1.807) is 42.9 Å². The first-order chi connectivity index (χ1) is 13.3. The minimum absolute atomic E-state index is 0.0599. The van der Waals surface area contributed by atoms with Crippen LogP contribution >= 0.6 is 11.3 Å². The first-order valence-corrected chi connectivity index (χ1v) is 9.42. The molecule has 0 aliphatic carbocycles. The van der Waals surface area contributed by atoms with Crippen LogP contribution in [0.15, 0.2) is 24.5 Å². The van der Waals surface area contributed by atoms with Gasteiger partial charge in [0.15, 0.2) is 18.2 Å². The maximum Gasteiger partial charge on any atom is 0.341 e. The zero-order valence-corrected chi connectivity index (χ0v) is 16.9. The molecule has 2 heterocycles. The smallest absolute Gasteiger partial charge is 0.341 e. The van der Waals surface area contributed by atoms with Crippen LogP contribution in [0.2, 0.25) is 0 Å². The van der Waals surface area contributed by atoms with Crippen molar-refractivity contribution in [3.63, 3.8) is 0 Å². The Labute approximate surface area is 166 Å². The molecule has 2 amide bonds. The van der Waals surface area contributed by atoms with Gasteiger partial charge in [-0.2, -0.15) is 4.57 Å². The second-order valence-corrected chi connectivity index (χ2v) is 6.95. The molecule has 0 atom stereocenters. The molecular formula is C19H22N3O5S+. The second kappa shape index (κ2) is 9.23. The summed E-state index contributed by atoms with van der Waals surface area (Å²) in [7, 11) is 1.49. The molecule has 2 N–H and O–H groups in total. The van der Waals surface area contributed by atoms with Crippen molar-refractivity contribution < 1.29 is 28.5 Å². The van der Waals surface area contributed by atoms with Crippen LogP contribution < -0.4 is 15.2 Å². The van der Waals surface area contributed by atoms with Crippen LogP contribution in [0.1, 0.15) is 49.8 Å². The molecule has 0 radical (unpaired) electrons. The summed E-state index contributed by atoms with van der Waals surface area (Å²) in [5.74, 6) is -1.46. The van der Waals surface area contributed by atoms with Crippen molar-refractivity contribution in [3.05, 3.63) is 46.1 Å². The average molecular weight is 404 g/mol. The summed E-state index contributed by atoms with van der Waals surface area (Å²) < 4.78 is 6.63. The van der Waals surface area contributed by atoms with E-state index >= 15 is 0 Å². The molecule has 0 unspecified atom stereocenters. The van der Waals surface area contributed by atoms with E-state index in [4.69, 9.17) is 4.74 Å². The van der Waals surface area contributed by atoms with Gasteiger partial charge in [0.1, 0.15) is 5.00 Å². The zero-order valence-electron chi connectivity index (χ0n) is 16.1. The van der Waals surface area contributed by atoms with Gasteiger partial charge in [0, 0.05) is 13.1 Å². The predicted molar refractivity (Wildman–Crippen MR) is 104 cm³/mol. The fourth-order valence-corrected chi connectivity index (χ4v) is 3.70. The van der Waals surface area contributed by atoms with Crippen molar-refractivity contribution in [2.75, 3.05) is 19.0 Å². The molecule has 0 aliphatic heterocycles. The lowest BCUT2D eigenvalue weighted by Gasteiger charge is -2.06. The number of hydrogen-bond donors (Lipinski definition) is 2. The quantitative estimate of drug-likeness (QED) is 0.415. The third kappa shape index (κ3) is 4.80. The fraction of sp³-hybridized carbons (Fsp3) is 0.316. The minimum Gasteiger partial charge on any atom is -0.462 e. The van der Waals surface area contributed by atoms with Crippen LogP contribution in [-0.4, -0.2) is 37.2 Å². The molecule has 2 rings (SSSR count). The van der Waals surface area contributed by atoms with Crippen molar-refractivity contribution in [3.8, 4) is 0 Å². The normalized spacial score (nSPS) is 10.3. The molecular weight excluding hydrogens is 382 g/mol. The number of pyridine rings is 1. The van der Waals surface area contributed by atoms with E-state index in [1.807, 2.05) is 0 Å².